The number of carbonyl (C=O) groups excluding carboxylic acids is 2. The van der Waals surface area contributed by atoms with Crippen molar-refractivity contribution in [3.8, 4) is 0 Å². The summed E-state index contributed by atoms with van der Waals surface area (Å²) in [7, 11) is 1.31. The molecule has 0 aliphatic heterocycles. The molecule has 28 heavy (non-hydrogen) atoms. The summed E-state index contributed by atoms with van der Waals surface area (Å²) in [6.45, 7) is 2.04. The number of esters is 1. The summed E-state index contributed by atoms with van der Waals surface area (Å²) in [6.07, 6.45) is 0.936. The molecule has 0 atom stereocenters. The number of hydrogen-bond donors (Lipinski definition) is 1. The van der Waals surface area contributed by atoms with Crippen molar-refractivity contribution in [1.82, 2.24) is 4.57 Å². The number of para-hydroxylation sites is 1. The van der Waals surface area contributed by atoms with E-state index in [0.717, 1.165) is 11.8 Å². The van der Waals surface area contributed by atoms with E-state index in [1.165, 1.54) is 12.7 Å². The first-order valence-electron chi connectivity index (χ1n) is 9.08. The van der Waals surface area contributed by atoms with Gasteiger partial charge in [-0.2, -0.15) is 0 Å². The third kappa shape index (κ3) is 3.13. The van der Waals surface area contributed by atoms with E-state index in [9.17, 15) is 9.59 Å². The van der Waals surface area contributed by atoms with Crippen LogP contribution in [-0.4, -0.2) is 23.6 Å². The van der Waals surface area contributed by atoms with E-state index < -0.39 is 5.97 Å². The average molecular weight is 376 g/mol. The fourth-order valence-electron chi connectivity index (χ4n) is 3.36. The summed E-state index contributed by atoms with van der Waals surface area (Å²) in [6, 6.07) is 16.8. The van der Waals surface area contributed by atoms with Crippen LogP contribution >= 0.6 is 0 Å². The monoisotopic (exact) mass is 376 g/mol. The molecule has 0 radical (unpaired) electrons. The van der Waals surface area contributed by atoms with Crippen molar-refractivity contribution in [3.63, 3.8) is 0 Å². The zero-order chi connectivity index (χ0) is 19.7. The number of rotatable bonds is 5. The van der Waals surface area contributed by atoms with Gasteiger partial charge in [-0.25, -0.2) is 4.79 Å². The first kappa shape index (κ1) is 17.9. The van der Waals surface area contributed by atoms with Gasteiger partial charge < -0.3 is 19.0 Å². The number of nitrogens with zero attached hydrogens (tertiary/aromatic N) is 1. The Labute approximate surface area is 161 Å². The minimum Gasteiger partial charge on any atom is -0.464 e. The molecule has 142 valence electrons. The average Bonchev–Trinajstić information content (AvgIpc) is 3.24. The van der Waals surface area contributed by atoms with Gasteiger partial charge in [-0.3, -0.25) is 4.79 Å². The van der Waals surface area contributed by atoms with Crippen LogP contribution in [0.5, 0.6) is 0 Å². The van der Waals surface area contributed by atoms with E-state index in [2.05, 4.69) is 12.2 Å². The van der Waals surface area contributed by atoms with E-state index in [1.54, 1.807) is 10.6 Å². The van der Waals surface area contributed by atoms with Crippen molar-refractivity contribution in [2.45, 2.75) is 19.9 Å². The molecule has 0 aliphatic carbocycles. The van der Waals surface area contributed by atoms with Crippen LogP contribution in [0.3, 0.4) is 0 Å². The van der Waals surface area contributed by atoms with Gasteiger partial charge in [-0.05, 0) is 36.2 Å². The molecule has 6 nitrogen and oxygen atoms in total. The molecule has 0 bridgehead atoms. The predicted molar refractivity (Wildman–Crippen MR) is 107 cm³/mol. The second kappa shape index (κ2) is 7.23. The predicted octanol–water partition coefficient (Wildman–Crippen LogP) is 4.38. The smallest absolute Gasteiger partial charge is 0.354 e. The second-order valence-electron chi connectivity index (χ2n) is 6.52. The number of benzene rings is 2. The maximum absolute atomic E-state index is 12.7. The lowest BCUT2D eigenvalue weighted by atomic mass is 10.1. The molecular formula is C22H20N2O4. The highest BCUT2D eigenvalue weighted by atomic mass is 16.5. The van der Waals surface area contributed by atoms with Gasteiger partial charge in [0.05, 0.1) is 12.6 Å². The topological polar surface area (TPSA) is 73.5 Å². The fraction of sp³-hybridized carbons (Fsp3) is 0.182. The molecule has 1 amide bonds. The molecule has 0 spiro atoms. The van der Waals surface area contributed by atoms with E-state index in [4.69, 9.17) is 9.15 Å². The molecule has 2 aromatic carbocycles. The SMILES string of the molecule is CCc1ccc(NC(=O)Cn2c(C(=O)OC)cc3oc4ccccc4c32)cc1. The third-order valence-electron chi connectivity index (χ3n) is 4.77. The van der Waals surface area contributed by atoms with Gasteiger partial charge in [0.15, 0.2) is 5.58 Å². The van der Waals surface area contributed by atoms with E-state index in [0.29, 0.717) is 22.4 Å². The molecule has 6 heteroatoms. The van der Waals surface area contributed by atoms with Crippen LogP contribution in [-0.2, 0) is 22.5 Å². The van der Waals surface area contributed by atoms with Crippen molar-refractivity contribution < 1.29 is 18.7 Å². The zero-order valence-corrected chi connectivity index (χ0v) is 15.7. The van der Waals surface area contributed by atoms with Crippen LogP contribution in [0.4, 0.5) is 5.69 Å². The minimum absolute atomic E-state index is 0.0347. The van der Waals surface area contributed by atoms with Crippen LogP contribution < -0.4 is 5.32 Å². The summed E-state index contributed by atoms with van der Waals surface area (Å²) in [5.74, 6) is -0.757. The van der Waals surface area contributed by atoms with Crippen molar-refractivity contribution in [1.29, 1.82) is 0 Å². The molecular weight excluding hydrogens is 356 g/mol. The first-order chi connectivity index (χ1) is 13.6. The fourth-order valence-corrected chi connectivity index (χ4v) is 3.36. The number of nitrogens with one attached hydrogen (secondary N) is 1. The maximum Gasteiger partial charge on any atom is 0.354 e. The Morgan fingerprint density at radius 1 is 1.07 bits per heavy atom. The molecule has 0 saturated carbocycles. The van der Waals surface area contributed by atoms with E-state index in [1.807, 2.05) is 48.5 Å². The van der Waals surface area contributed by atoms with Gasteiger partial charge in [0.2, 0.25) is 5.91 Å². The zero-order valence-electron chi connectivity index (χ0n) is 15.7. The van der Waals surface area contributed by atoms with Gasteiger partial charge in [0, 0.05) is 17.1 Å². The van der Waals surface area contributed by atoms with E-state index in [-0.39, 0.29) is 18.1 Å². The van der Waals surface area contributed by atoms with Crippen LogP contribution in [0.25, 0.3) is 22.1 Å². The van der Waals surface area contributed by atoms with E-state index >= 15 is 0 Å². The number of fused-ring (bicyclic) bond motifs is 3. The van der Waals surface area contributed by atoms with Crippen LogP contribution in [0.15, 0.2) is 59.0 Å². The highest BCUT2D eigenvalue weighted by Crippen LogP contribution is 2.31. The number of aryl methyl sites for hydroxylation is 1. The van der Waals surface area contributed by atoms with Crippen molar-refractivity contribution in [2.75, 3.05) is 12.4 Å². The maximum atomic E-state index is 12.7. The number of hydrogen-bond acceptors (Lipinski definition) is 4. The molecule has 0 unspecified atom stereocenters. The lowest BCUT2D eigenvalue weighted by Crippen LogP contribution is -2.21. The van der Waals surface area contributed by atoms with Crippen LogP contribution in [0.1, 0.15) is 23.0 Å². The Balaban J connectivity index is 1.70. The molecule has 2 heterocycles. The molecule has 1 N–H and O–H groups in total. The standard InChI is InChI=1S/C22H20N2O4/c1-3-14-8-10-15(11-9-14)23-20(25)13-24-17(22(26)27-2)12-19-21(24)16-6-4-5-7-18(16)28-19/h4-12H,3,13H2,1-2H3,(H,23,25). The Morgan fingerprint density at radius 2 is 1.82 bits per heavy atom. The number of methoxy groups -OCH3 is 1. The number of carbonyl (C=O) groups is 2. The largest absolute Gasteiger partial charge is 0.464 e. The summed E-state index contributed by atoms with van der Waals surface area (Å²) in [4.78, 5) is 24.9. The van der Waals surface area contributed by atoms with Gasteiger partial charge in [-0.1, -0.05) is 31.2 Å². The highest BCUT2D eigenvalue weighted by molar-refractivity contribution is 6.07. The molecule has 0 fully saturated rings. The van der Waals surface area contributed by atoms with Crippen LogP contribution in [0.2, 0.25) is 0 Å². The molecule has 4 rings (SSSR count). The summed E-state index contributed by atoms with van der Waals surface area (Å²) in [5.41, 5.74) is 4.13. The highest BCUT2D eigenvalue weighted by Gasteiger charge is 2.22. The van der Waals surface area contributed by atoms with Gasteiger partial charge in [-0.15, -0.1) is 0 Å². The molecule has 2 aromatic heterocycles. The number of anilines is 1. The number of aromatic nitrogens is 1. The Kier molecular flexibility index (Phi) is 4.61. The van der Waals surface area contributed by atoms with Crippen molar-refractivity contribution in [2.24, 2.45) is 0 Å². The molecule has 0 saturated heterocycles. The Morgan fingerprint density at radius 3 is 2.54 bits per heavy atom. The summed E-state index contributed by atoms with van der Waals surface area (Å²) in [5, 5.41) is 3.72. The van der Waals surface area contributed by atoms with Gasteiger partial charge in [0.25, 0.3) is 0 Å². The first-order valence-corrected chi connectivity index (χ1v) is 9.08. The Bertz CT molecular complexity index is 1170. The second-order valence-corrected chi connectivity index (χ2v) is 6.52. The third-order valence-corrected chi connectivity index (χ3v) is 4.77. The molecule has 0 aliphatic rings. The van der Waals surface area contributed by atoms with Crippen LogP contribution in [0, 0.1) is 0 Å². The minimum atomic E-state index is -0.518. The normalized spacial score (nSPS) is 11.1. The number of ether oxygens (including phenoxy) is 1. The van der Waals surface area contributed by atoms with Gasteiger partial charge in [0.1, 0.15) is 17.8 Å². The summed E-state index contributed by atoms with van der Waals surface area (Å²) < 4.78 is 12.4. The van der Waals surface area contributed by atoms with Crippen molar-refractivity contribution in [3.05, 3.63) is 65.9 Å². The number of amides is 1. The lowest BCUT2D eigenvalue weighted by molar-refractivity contribution is -0.116. The number of furan rings is 1. The summed E-state index contributed by atoms with van der Waals surface area (Å²) >= 11 is 0. The Hall–Kier alpha value is -3.54. The van der Waals surface area contributed by atoms with Gasteiger partial charge >= 0.3 is 5.97 Å². The lowest BCUT2D eigenvalue weighted by Gasteiger charge is -2.10. The molecule has 4 aromatic rings. The quantitative estimate of drug-likeness (QED) is 0.525. The van der Waals surface area contributed by atoms with Crippen molar-refractivity contribution >= 4 is 39.6 Å².